The number of rotatable bonds is 4. The molecule has 1 aliphatic heterocycles. The van der Waals surface area contributed by atoms with E-state index in [0.717, 1.165) is 22.6 Å². The molecule has 0 radical (unpaired) electrons. The summed E-state index contributed by atoms with van der Waals surface area (Å²) in [6.07, 6.45) is 4.45. The molecule has 1 N–H and O–H groups in total. The number of carboxylic acids is 1. The van der Waals surface area contributed by atoms with Gasteiger partial charge >= 0.3 is 5.97 Å². The molecule has 4 rings (SSSR count). The summed E-state index contributed by atoms with van der Waals surface area (Å²) in [6.45, 7) is 5.06. The molecule has 0 saturated carbocycles. The molecule has 1 saturated heterocycles. The van der Waals surface area contributed by atoms with Crippen LogP contribution in [-0.4, -0.2) is 43.9 Å². The van der Waals surface area contributed by atoms with Crippen LogP contribution in [0.1, 0.15) is 24.1 Å². The maximum absolute atomic E-state index is 12.1. The molecule has 1 aliphatic rings. The lowest BCUT2D eigenvalue weighted by atomic mass is 9.87. The second-order valence-corrected chi connectivity index (χ2v) is 7.34. The molecule has 7 nitrogen and oxygen atoms in total. The molecule has 144 valence electrons. The second-order valence-electron chi connectivity index (χ2n) is 7.34. The van der Waals surface area contributed by atoms with E-state index in [4.69, 9.17) is 4.98 Å². The van der Waals surface area contributed by atoms with Crippen LogP contribution in [0.25, 0.3) is 11.4 Å². The van der Waals surface area contributed by atoms with Crippen molar-refractivity contribution in [3.63, 3.8) is 0 Å². The normalized spacial score (nSPS) is 16.1. The zero-order valence-corrected chi connectivity index (χ0v) is 16.0. The van der Waals surface area contributed by atoms with Crippen molar-refractivity contribution in [3.05, 3.63) is 60.0 Å². The van der Waals surface area contributed by atoms with Crippen LogP contribution in [0.2, 0.25) is 0 Å². The van der Waals surface area contributed by atoms with Crippen LogP contribution < -0.4 is 4.90 Å². The monoisotopic (exact) mass is 377 g/mol. The zero-order valence-electron chi connectivity index (χ0n) is 16.0. The quantitative estimate of drug-likeness (QED) is 0.752. The Morgan fingerprint density at radius 2 is 1.82 bits per heavy atom. The average molecular weight is 377 g/mol. The summed E-state index contributed by atoms with van der Waals surface area (Å²) in [4.78, 5) is 23.6. The number of carboxylic acid groups (broad SMARTS) is 1. The molecule has 2 aromatic heterocycles. The van der Waals surface area contributed by atoms with E-state index in [1.807, 2.05) is 56.4 Å². The van der Waals surface area contributed by atoms with Crippen molar-refractivity contribution in [1.29, 1.82) is 0 Å². The zero-order chi connectivity index (χ0) is 19.7. The van der Waals surface area contributed by atoms with E-state index in [0.29, 0.717) is 31.8 Å². The predicted octanol–water partition coefficient (Wildman–Crippen LogP) is 3.04. The number of carbonyl (C=O) groups is 1. The minimum atomic E-state index is -1.00. The largest absolute Gasteiger partial charge is 0.479 e. The smallest absolute Gasteiger partial charge is 0.331 e. The van der Waals surface area contributed by atoms with Gasteiger partial charge in [-0.15, -0.1) is 0 Å². The van der Waals surface area contributed by atoms with Crippen LogP contribution in [-0.2, 0) is 10.3 Å². The first-order valence-electron chi connectivity index (χ1n) is 9.39. The van der Waals surface area contributed by atoms with Crippen molar-refractivity contribution in [1.82, 2.24) is 19.7 Å². The highest BCUT2D eigenvalue weighted by Gasteiger charge is 2.44. The van der Waals surface area contributed by atoms with Crippen LogP contribution in [0.15, 0.2) is 48.8 Å². The Kier molecular flexibility index (Phi) is 4.58. The van der Waals surface area contributed by atoms with Gasteiger partial charge in [-0.1, -0.05) is 30.3 Å². The summed E-state index contributed by atoms with van der Waals surface area (Å²) >= 11 is 0. The second kappa shape index (κ2) is 7.07. The van der Waals surface area contributed by atoms with Crippen LogP contribution in [0, 0.1) is 13.8 Å². The number of anilines is 1. The molecule has 0 spiro atoms. The fourth-order valence-corrected chi connectivity index (χ4v) is 3.72. The molecular weight excluding hydrogens is 354 g/mol. The van der Waals surface area contributed by atoms with Crippen molar-refractivity contribution in [2.24, 2.45) is 0 Å². The summed E-state index contributed by atoms with van der Waals surface area (Å²) in [5, 5.41) is 14.2. The lowest BCUT2D eigenvalue weighted by Gasteiger charge is -2.39. The van der Waals surface area contributed by atoms with E-state index in [9.17, 15) is 9.90 Å². The number of piperidine rings is 1. The van der Waals surface area contributed by atoms with Crippen LogP contribution in [0.3, 0.4) is 0 Å². The molecule has 0 bridgehead atoms. The summed E-state index contributed by atoms with van der Waals surface area (Å²) < 4.78 is 1.61. The van der Waals surface area contributed by atoms with Gasteiger partial charge in [-0.2, -0.15) is 5.10 Å². The number of aromatic nitrogens is 4. The van der Waals surface area contributed by atoms with Gasteiger partial charge in [-0.3, -0.25) is 4.68 Å². The van der Waals surface area contributed by atoms with E-state index in [1.54, 1.807) is 10.9 Å². The number of aryl methyl sites for hydroxylation is 2. The summed E-state index contributed by atoms with van der Waals surface area (Å²) in [5.74, 6) is 0.689. The minimum absolute atomic E-state index is 0.465. The summed E-state index contributed by atoms with van der Waals surface area (Å²) in [5.41, 5.74) is 1.81. The third-order valence-electron chi connectivity index (χ3n) is 5.34. The SMILES string of the molecule is Cc1cnn(C2(C(=O)O)CCN(c3cc(C)nc(-c4ccccc4)n3)CC2)c1. The van der Waals surface area contributed by atoms with Gasteiger partial charge < -0.3 is 10.0 Å². The van der Waals surface area contributed by atoms with Crippen LogP contribution >= 0.6 is 0 Å². The average Bonchev–Trinajstić information content (AvgIpc) is 3.15. The lowest BCUT2D eigenvalue weighted by molar-refractivity contribution is -0.149. The first-order valence-corrected chi connectivity index (χ1v) is 9.39. The topological polar surface area (TPSA) is 84.1 Å². The van der Waals surface area contributed by atoms with E-state index in [2.05, 4.69) is 15.0 Å². The van der Waals surface area contributed by atoms with Crippen molar-refractivity contribution >= 4 is 11.8 Å². The molecule has 0 unspecified atom stereocenters. The van der Waals surface area contributed by atoms with Gasteiger partial charge in [0.05, 0.1) is 6.20 Å². The third kappa shape index (κ3) is 3.24. The fourth-order valence-electron chi connectivity index (χ4n) is 3.72. The lowest BCUT2D eigenvalue weighted by Crippen LogP contribution is -2.51. The standard InChI is InChI=1S/C21H23N5O2/c1-15-13-22-26(14-15)21(20(27)28)8-10-25(11-9-21)18-12-16(2)23-19(24-18)17-6-4-3-5-7-17/h3-7,12-14H,8-11H2,1-2H3,(H,27,28). The van der Waals surface area contributed by atoms with Gasteiger partial charge in [0.15, 0.2) is 11.4 Å². The molecule has 3 aromatic rings. The van der Waals surface area contributed by atoms with Crippen LogP contribution in [0.4, 0.5) is 5.82 Å². The van der Waals surface area contributed by atoms with Gasteiger partial charge in [-0.25, -0.2) is 14.8 Å². The van der Waals surface area contributed by atoms with Gasteiger partial charge in [0.25, 0.3) is 0 Å². The molecule has 0 atom stereocenters. The number of hydrogen-bond donors (Lipinski definition) is 1. The molecule has 0 aliphatic carbocycles. The Hall–Kier alpha value is -3.22. The van der Waals surface area contributed by atoms with Crippen molar-refractivity contribution in [2.45, 2.75) is 32.2 Å². The summed E-state index contributed by atoms with van der Waals surface area (Å²) in [7, 11) is 0. The molecule has 0 amide bonds. The number of aliphatic carboxylic acids is 1. The highest BCUT2D eigenvalue weighted by atomic mass is 16.4. The van der Waals surface area contributed by atoms with Crippen molar-refractivity contribution < 1.29 is 9.90 Å². The molecule has 3 heterocycles. The number of nitrogens with zero attached hydrogens (tertiary/aromatic N) is 5. The Morgan fingerprint density at radius 1 is 1.11 bits per heavy atom. The molecule has 1 aromatic carbocycles. The van der Waals surface area contributed by atoms with Gasteiger partial charge in [-0.05, 0) is 19.4 Å². The molecule has 1 fully saturated rings. The Morgan fingerprint density at radius 3 is 2.43 bits per heavy atom. The Balaban J connectivity index is 1.60. The highest BCUT2D eigenvalue weighted by molar-refractivity contribution is 5.77. The van der Waals surface area contributed by atoms with Crippen molar-refractivity contribution in [2.75, 3.05) is 18.0 Å². The Labute approximate surface area is 163 Å². The molecule has 28 heavy (non-hydrogen) atoms. The maximum Gasteiger partial charge on any atom is 0.331 e. The van der Waals surface area contributed by atoms with Gasteiger partial charge in [0.2, 0.25) is 0 Å². The van der Waals surface area contributed by atoms with E-state index in [-0.39, 0.29) is 0 Å². The van der Waals surface area contributed by atoms with E-state index >= 15 is 0 Å². The number of hydrogen-bond acceptors (Lipinski definition) is 5. The maximum atomic E-state index is 12.1. The molecular formula is C21H23N5O2. The first kappa shape index (κ1) is 18.2. The van der Waals surface area contributed by atoms with E-state index in [1.165, 1.54) is 0 Å². The molecule has 7 heteroatoms. The van der Waals surface area contributed by atoms with Crippen LogP contribution in [0.5, 0.6) is 0 Å². The highest BCUT2D eigenvalue weighted by Crippen LogP contribution is 2.32. The Bertz CT molecular complexity index is 991. The fraction of sp³-hybridized carbons (Fsp3) is 0.333. The van der Waals surface area contributed by atoms with Gasteiger partial charge in [0, 0.05) is 49.5 Å². The first-order chi connectivity index (χ1) is 13.5. The van der Waals surface area contributed by atoms with Crippen molar-refractivity contribution in [3.8, 4) is 11.4 Å². The van der Waals surface area contributed by atoms with E-state index < -0.39 is 11.5 Å². The van der Waals surface area contributed by atoms with Gasteiger partial charge in [0.1, 0.15) is 5.82 Å². The minimum Gasteiger partial charge on any atom is -0.479 e. The third-order valence-corrected chi connectivity index (χ3v) is 5.34. The predicted molar refractivity (Wildman–Crippen MR) is 106 cm³/mol. The number of benzene rings is 1. The summed E-state index contributed by atoms with van der Waals surface area (Å²) in [6, 6.07) is 11.8.